The lowest BCUT2D eigenvalue weighted by atomic mass is 10.2. The highest BCUT2D eigenvalue weighted by molar-refractivity contribution is 5.83. The molecule has 3 nitrogen and oxygen atoms in total. The van der Waals surface area contributed by atoms with Crippen molar-refractivity contribution in [2.45, 2.75) is 6.54 Å². The summed E-state index contributed by atoms with van der Waals surface area (Å²) in [6.07, 6.45) is 1.82. The maximum Gasteiger partial charge on any atom is 0.127 e. The number of benzene rings is 2. The van der Waals surface area contributed by atoms with E-state index in [-0.39, 0.29) is 0 Å². The zero-order chi connectivity index (χ0) is 13.5. The van der Waals surface area contributed by atoms with E-state index in [1.807, 2.05) is 54.7 Å². The summed E-state index contributed by atoms with van der Waals surface area (Å²) in [5.74, 6) is 1.69. The average Bonchev–Trinajstić information content (AvgIpc) is 2.48. The minimum atomic E-state index is 0.585. The van der Waals surface area contributed by atoms with Gasteiger partial charge in [0.05, 0.1) is 20.8 Å². The number of nitrogens with zero attached hydrogens (tertiary/aromatic N) is 1. The number of methoxy groups -OCH3 is 2. The molecule has 0 unspecified atom stereocenters. The van der Waals surface area contributed by atoms with Gasteiger partial charge in [0.2, 0.25) is 0 Å². The Labute approximate surface area is 113 Å². The molecule has 0 fully saturated rings. The number of aliphatic imine (C=N–C) groups is 1. The molecule has 0 aliphatic rings. The summed E-state index contributed by atoms with van der Waals surface area (Å²) in [4.78, 5) is 4.44. The first-order valence-corrected chi connectivity index (χ1v) is 6.10. The molecule has 0 spiro atoms. The third-order valence-corrected chi connectivity index (χ3v) is 2.82. The van der Waals surface area contributed by atoms with Crippen molar-refractivity contribution in [1.82, 2.24) is 0 Å². The van der Waals surface area contributed by atoms with Gasteiger partial charge >= 0.3 is 0 Å². The summed E-state index contributed by atoms with van der Waals surface area (Å²) in [7, 11) is 3.33. The molecule has 0 saturated heterocycles. The third kappa shape index (κ3) is 3.35. The van der Waals surface area contributed by atoms with Crippen molar-refractivity contribution >= 4 is 6.21 Å². The van der Waals surface area contributed by atoms with Crippen LogP contribution in [-0.2, 0) is 6.54 Å². The Balaban J connectivity index is 2.11. The van der Waals surface area contributed by atoms with Crippen LogP contribution in [0.2, 0.25) is 0 Å². The molecule has 2 aromatic rings. The summed E-state index contributed by atoms with van der Waals surface area (Å²) in [6, 6.07) is 15.7. The van der Waals surface area contributed by atoms with E-state index < -0.39 is 0 Å². The highest BCUT2D eigenvalue weighted by Gasteiger charge is 2.00. The van der Waals surface area contributed by atoms with Gasteiger partial charge in [-0.1, -0.05) is 30.3 Å². The summed E-state index contributed by atoms with van der Waals surface area (Å²) >= 11 is 0. The molecule has 0 heterocycles. The number of ether oxygens (including phenoxy) is 2. The van der Waals surface area contributed by atoms with E-state index in [9.17, 15) is 0 Å². The maximum absolute atomic E-state index is 5.29. The topological polar surface area (TPSA) is 30.8 Å². The average molecular weight is 255 g/mol. The van der Waals surface area contributed by atoms with Crippen LogP contribution in [0.15, 0.2) is 53.5 Å². The Kier molecular flexibility index (Phi) is 4.56. The SMILES string of the molecule is COc1ccccc1C=NCc1ccccc1OC. The maximum atomic E-state index is 5.29. The van der Waals surface area contributed by atoms with Crippen LogP contribution in [0.1, 0.15) is 11.1 Å². The van der Waals surface area contributed by atoms with Crippen molar-refractivity contribution in [3.05, 3.63) is 59.7 Å². The second kappa shape index (κ2) is 6.59. The Morgan fingerprint density at radius 1 is 0.895 bits per heavy atom. The lowest BCUT2D eigenvalue weighted by molar-refractivity contribution is 0.410. The first-order valence-electron chi connectivity index (χ1n) is 6.10. The number of para-hydroxylation sites is 2. The fourth-order valence-electron chi connectivity index (χ4n) is 1.85. The van der Waals surface area contributed by atoms with Crippen LogP contribution < -0.4 is 9.47 Å². The molecule has 0 saturated carbocycles. The first-order chi connectivity index (χ1) is 9.35. The molecule has 0 radical (unpaired) electrons. The molecular formula is C16H17NO2. The van der Waals surface area contributed by atoms with E-state index >= 15 is 0 Å². The number of rotatable bonds is 5. The Hall–Kier alpha value is -2.29. The quantitative estimate of drug-likeness (QED) is 0.767. The molecule has 0 amide bonds. The van der Waals surface area contributed by atoms with Crippen LogP contribution in [0, 0.1) is 0 Å². The van der Waals surface area contributed by atoms with Gasteiger partial charge in [-0.2, -0.15) is 0 Å². The van der Waals surface area contributed by atoms with Gasteiger partial charge in [-0.15, -0.1) is 0 Å². The van der Waals surface area contributed by atoms with Gasteiger partial charge in [0, 0.05) is 17.3 Å². The zero-order valence-electron chi connectivity index (χ0n) is 11.2. The molecule has 98 valence electrons. The molecule has 0 aliphatic heterocycles. The predicted octanol–water partition coefficient (Wildman–Crippen LogP) is 3.32. The summed E-state index contributed by atoms with van der Waals surface area (Å²) in [5.41, 5.74) is 2.04. The van der Waals surface area contributed by atoms with Gasteiger partial charge in [0.15, 0.2) is 0 Å². The van der Waals surface area contributed by atoms with Gasteiger partial charge in [0.25, 0.3) is 0 Å². The Morgan fingerprint density at radius 2 is 1.53 bits per heavy atom. The summed E-state index contributed by atoms with van der Waals surface area (Å²) in [5, 5.41) is 0. The smallest absolute Gasteiger partial charge is 0.127 e. The molecule has 2 rings (SSSR count). The van der Waals surface area contributed by atoms with Gasteiger partial charge in [0.1, 0.15) is 11.5 Å². The van der Waals surface area contributed by atoms with Crippen molar-refractivity contribution in [2.24, 2.45) is 4.99 Å². The molecule has 0 aliphatic carbocycles. The fraction of sp³-hybridized carbons (Fsp3) is 0.188. The number of hydrogen-bond acceptors (Lipinski definition) is 3. The van der Waals surface area contributed by atoms with Crippen LogP contribution in [0.25, 0.3) is 0 Å². The predicted molar refractivity (Wildman–Crippen MR) is 77.3 cm³/mol. The van der Waals surface area contributed by atoms with Gasteiger partial charge in [-0.05, 0) is 18.2 Å². The highest BCUT2D eigenvalue weighted by atomic mass is 16.5. The van der Waals surface area contributed by atoms with Crippen molar-refractivity contribution in [2.75, 3.05) is 14.2 Å². The second-order valence-electron chi connectivity index (χ2n) is 4.02. The Bertz CT molecular complexity index is 564. The number of hydrogen-bond donors (Lipinski definition) is 0. The van der Waals surface area contributed by atoms with E-state index in [4.69, 9.17) is 9.47 Å². The van der Waals surface area contributed by atoms with E-state index in [1.165, 1.54) is 0 Å². The highest BCUT2D eigenvalue weighted by Crippen LogP contribution is 2.19. The van der Waals surface area contributed by atoms with Gasteiger partial charge in [-0.3, -0.25) is 4.99 Å². The van der Waals surface area contributed by atoms with Crippen molar-refractivity contribution < 1.29 is 9.47 Å². The standard InChI is InChI=1S/C16H17NO2/c1-18-15-9-5-3-7-13(15)11-17-12-14-8-4-6-10-16(14)19-2/h3-11H,12H2,1-2H3. The van der Waals surface area contributed by atoms with Crippen molar-refractivity contribution in [3.8, 4) is 11.5 Å². The van der Waals surface area contributed by atoms with Crippen LogP contribution in [0.4, 0.5) is 0 Å². The molecule has 19 heavy (non-hydrogen) atoms. The van der Waals surface area contributed by atoms with Gasteiger partial charge in [-0.25, -0.2) is 0 Å². The Morgan fingerprint density at radius 3 is 2.26 bits per heavy atom. The van der Waals surface area contributed by atoms with E-state index in [0.717, 1.165) is 22.6 Å². The lowest BCUT2D eigenvalue weighted by Crippen LogP contribution is -1.92. The minimum absolute atomic E-state index is 0.585. The largest absolute Gasteiger partial charge is 0.496 e. The van der Waals surface area contributed by atoms with Gasteiger partial charge < -0.3 is 9.47 Å². The third-order valence-electron chi connectivity index (χ3n) is 2.82. The summed E-state index contributed by atoms with van der Waals surface area (Å²) in [6.45, 7) is 0.585. The molecule has 0 N–H and O–H groups in total. The molecule has 0 atom stereocenters. The minimum Gasteiger partial charge on any atom is -0.496 e. The van der Waals surface area contributed by atoms with Crippen LogP contribution in [-0.4, -0.2) is 20.4 Å². The molecule has 0 bridgehead atoms. The van der Waals surface area contributed by atoms with Crippen LogP contribution >= 0.6 is 0 Å². The normalized spacial score (nSPS) is 10.6. The monoisotopic (exact) mass is 255 g/mol. The second-order valence-corrected chi connectivity index (χ2v) is 4.02. The molecule has 0 aromatic heterocycles. The van der Waals surface area contributed by atoms with Crippen molar-refractivity contribution in [1.29, 1.82) is 0 Å². The zero-order valence-corrected chi connectivity index (χ0v) is 11.2. The van der Waals surface area contributed by atoms with E-state index in [1.54, 1.807) is 14.2 Å². The van der Waals surface area contributed by atoms with Crippen LogP contribution in [0.5, 0.6) is 11.5 Å². The van der Waals surface area contributed by atoms with Crippen LogP contribution in [0.3, 0.4) is 0 Å². The molecular weight excluding hydrogens is 238 g/mol. The van der Waals surface area contributed by atoms with Crippen molar-refractivity contribution in [3.63, 3.8) is 0 Å². The lowest BCUT2D eigenvalue weighted by Gasteiger charge is -2.05. The fourth-order valence-corrected chi connectivity index (χ4v) is 1.85. The van der Waals surface area contributed by atoms with E-state index in [0.29, 0.717) is 6.54 Å². The first kappa shape index (κ1) is 13.1. The molecule has 3 heteroatoms. The van der Waals surface area contributed by atoms with E-state index in [2.05, 4.69) is 4.99 Å². The molecule has 2 aromatic carbocycles. The summed E-state index contributed by atoms with van der Waals surface area (Å²) < 4.78 is 10.6.